The van der Waals surface area contributed by atoms with Crippen LogP contribution in [-0.2, 0) is 14.8 Å². The van der Waals surface area contributed by atoms with E-state index in [1.165, 1.54) is 7.05 Å². The Labute approximate surface area is 185 Å². The van der Waals surface area contributed by atoms with Gasteiger partial charge in [-0.1, -0.05) is 48.5 Å². The first-order valence-corrected chi connectivity index (χ1v) is 11.5. The molecule has 0 saturated carbocycles. The van der Waals surface area contributed by atoms with Gasteiger partial charge in [0.15, 0.2) is 16.4 Å². The van der Waals surface area contributed by atoms with E-state index in [2.05, 4.69) is 5.32 Å². The number of hydrogen-bond acceptors (Lipinski definition) is 5. The largest absolute Gasteiger partial charge is 0.486 e. The molecular formula is C24H20N2O5S. The molecule has 1 amide bonds. The second-order valence-electron chi connectivity index (χ2n) is 7.37. The summed E-state index contributed by atoms with van der Waals surface area (Å²) in [7, 11) is -2.65. The van der Waals surface area contributed by atoms with Gasteiger partial charge in [0, 0.05) is 29.9 Å². The van der Waals surface area contributed by atoms with Crippen molar-refractivity contribution in [2.45, 2.75) is 0 Å². The molecule has 0 bridgehead atoms. The van der Waals surface area contributed by atoms with Crippen LogP contribution in [0.1, 0.15) is 11.1 Å². The van der Waals surface area contributed by atoms with Crippen molar-refractivity contribution in [1.82, 2.24) is 0 Å². The molecule has 162 valence electrons. The van der Waals surface area contributed by atoms with Crippen LogP contribution in [0.4, 0.5) is 11.4 Å². The number of amides is 1. The normalized spacial score (nSPS) is 16.3. The summed E-state index contributed by atoms with van der Waals surface area (Å²) in [6, 6.07) is 21.2. The topological polar surface area (TPSA) is 84.9 Å². The predicted molar refractivity (Wildman–Crippen MR) is 122 cm³/mol. The highest BCUT2D eigenvalue weighted by Gasteiger charge is 2.39. The molecule has 5 rings (SSSR count). The van der Waals surface area contributed by atoms with Gasteiger partial charge in [0.2, 0.25) is 0 Å². The molecule has 7 nitrogen and oxygen atoms in total. The molecule has 3 aromatic rings. The quantitative estimate of drug-likeness (QED) is 0.661. The van der Waals surface area contributed by atoms with Crippen LogP contribution in [0.25, 0.3) is 5.57 Å². The SMILES string of the molecule is CN1c2ccccc2C(c2ccccc2)=C(C(=O)Nc2ccc3c(c2)OCCO3)S1(=O)=O. The number of hydrogen-bond donors (Lipinski definition) is 1. The molecule has 0 aliphatic carbocycles. The third-order valence-corrected chi connectivity index (χ3v) is 7.25. The maximum Gasteiger partial charge on any atom is 0.270 e. The fourth-order valence-corrected chi connectivity index (χ4v) is 5.37. The second-order valence-corrected chi connectivity index (χ2v) is 9.28. The number of para-hydroxylation sites is 1. The van der Waals surface area contributed by atoms with Crippen molar-refractivity contribution < 1.29 is 22.7 Å². The van der Waals surface area contributed by atoms with Crippen LogP contribution in [0, 0.1) is 0 Å². The van der Waals surface area contributed by atoms with E-state index in [1.54, 1.807) is 42.5 Å². The van der Waals surface area contributed by atoms with Crippen molar-refractivity contribution in [3.8, 4) is 11.5 Å². The second kappa shape index (κ2) is 7.72. The molecule has 2 aliphatic rings. The van der Waals surface area contributed by atoms with E-state index < -0.39 is 15.9 Å². The standard InChI is InChI=1S/C24H20N2O5S/c1-26-19-10-6-5-9-18(19)22(16-7-3-2-4-8-16)23(32(26,28)29)24(27)25-17-11-12-20-21(15-17)31-14-13-30-20/h2-12,15H,13-14H2,1H3,(H,25,27). The summed E-state index contributed by atoms with van der Waals surface area (Å²) >= 11 is 0. The fraction of sp³-hybridized carbons (Fsp3) is 0.125. The molecule has 3 aromatic carbocycles. The third-order valence-electron chi connectivity index (χ3n) is 5.43. The molecule has 0 saturated heterocycles. The smallest absolute Gasteiger partial charge is 0.270 e. The maximum absolute atomic E-state index is 13.5. The van der Waals surface area contributed by atoms with E-state index in [4.69, 9.17) is 9.47 Å². The summed E-state index contributed by atoms with van der Waals surface area (Å²) in [5.74, 6) is 0.361. The average molecular weight is 449 g/mol. The van der Waals surface area contributed by atoms with Gasteiger partial charge < -0.3 is 14.8 Å². The number of benzene rings is 3. The zero-order chi connectivity index (χ0) is 22.3. The van der Waals surface area contributed by atoms with Crippen molar-refractivity contribution >= 4 is 32.9 Å². The minimum atomic E-state index is -4.10. The van der Waals surface area contributed by atoms with Crippen LogP contribution in [0.5, 0.6) is 11.5 Å². The van der Waals surface area contributed by atoms with Crippen molar-refractivity contribution in [1.29, 1.82) is 0 Å². The van der Waals surface area contributed by atoms with Gasteiger partial charge >= 0.3 is 0 Å². The molecule has 0 atom stereocenters. The van der Waals surface area contributed by atoms with Gasteiger partial charge in [-0.25, -0.2) is 8.42 Å². The van der Waals surface area contributed by atoms with Gasteiger partial charge in [-0.05, 0) is 23.8 Å². The summed E-state index contributed by atoms with van der Waals surface area (Å²) in [4.78, 5) is 13.1. The first kappa shape index (κ1) is 20.1. The molecular weight excluding hydrogens is 428 g/mol. The molecule has 32 heavy (non-hydrogen) atoms. The number of sulfonamides is 1. The Morgan fingerprint density at radius 2 is 1.59 bits per heavy atom. The molecule has 8 heteroatoms. The van der Waals surface area contributed by atoms with Crippen LogP contribution >= 0.6 is 0 Å². The summed E-state index contributed by atoms with van der Waals surface area (Å²) in [6.07, 6.45) is 0. The predicted octanol–water partition coefficient (Wildman–Crippen LogP) is 3.64. The number of anilines is 2. The van der Waals surface area contributed by atoms with Crippen LogP contribution in [-0.4, -0.2) is 34.6 Å². The summed E-state index contributed by atoms with van der Waals surface area (Å²) in [6.45, 7) is 0.861. The van der Waals surface area contributed by atoms with E-state index in [1.807, 2.05) is 30.3 Å². The minimum Gasteiger partial charge on any atom is -0.486 e. The number of rotatable bonds is 3. The van der Waals surface area contributed by atoms with E-state index in [0.29, 0.717) is 52.8 Å². The average Bonchev–Trinajstić information content (AvgIpc) is 2.81. The highest BCUT2D eigenvalue weighted by Crippen LogP contribution is 2.42. The fourth-order valence-electron chi connectivity index (χ4n) is 3.91. The minimum absolute atomic E-state index is 0.306. The lowest BCUT2D eigenvalue weighted by molar-refractivity contribution is -0.112. The molecule has 0 aromatic heterocycles. The van der Waals surface area contributed by atoms with E-state index in [-0.39, 0.29) is 4.91 Å². The third kappa shape index (κ3) is 3.29. The Hall–Kier alpha value is -3.78. The van der Waals surface area contributed by atoms with Crippen molar-refractivity contribution in [3.63, 3.8) is 0 Å². The summed E-state index contributed by atoms with van der Waals surface area (Å²) in [5, 5.41) is 2.73. The van der Waals surface area contributed by atoms with Gasteiger partial charge in [-0.3, -0.25) is 9.10 Å². The van der Waals surface area contributed by atoms with Gasteiger partial charge in [-0.15, -0.1) is 0 Å². The van der Waals surface area contributed by atoms with E-state index in [0.717, 1.165) is 4.31 Å². The number of nitrogens with one attached hydrogen (secondary N) is 1. The van der Waals surface area contributed by atoms with Gasteiger partial charge in [-0.2, -0.15) is 0 Å². The summed E-state index contributed by atoms with van der Waals surface area (Å²) < 4.78 is 39.2. The summed E-state index contributed by atoms with van der Waals surface area (Å²) in [5.41, 5.74) is 2.61. The van der Waals surface area contributed by atoms with Crippen LogP contribution in [0.2, 0.25) is 0 Å². The molecule has 1 N–H and O–H groups in total. The molecule has 0 fully saturated rings. The van der Waals surface area contributed by atoms with Gasteiger partial charge in [0.1, 0.15) is 13.2 Å². The lowest BCUT2D eigenvalue weighted by Gasteiger charge is -2.31. The van der Waals surface area contributed by atoms with Crippen molar-refractivity contribution in [3.05, 3.63) is 88.8 Å². The van der Waals surface area contributed by atoms with Crippen LogP contribution in [0.3, 0.4) is 0 Å². The lowest BCUT2D eigenvalue weighted by atomic mass is 9.95. The number of carbonyl (C=O) groups excluding carboxylic acids is 1. The zero-order valence-corrected chi connectivity index (χ0v) is 18.1. The molecule has 2 aliphatic heterocycles. The Bertz CT molecular complexity index is 1350. The number of ether oxygens (including phenoxy) is 2. The number of nitrogens with zero attached hydrogens (tertiary/aromatic N) is 1. The number of fused-ring (bicyclic) bond motifs is 2. The first-order chi connectivity index (χ1) is 15.5. The van der Waals surface area contributed by atoms with Crippen molar-refractivity contribution in [2.24, 2.45) is 0 Å². The highest BCUT2D eigenvalue weighted by atomic mass is 32.2. The maximum atomic E-state index is 13.5. The van der Waals surface area contributed by atoms with Crippen molar-refractivity contribution in [2.75, 3.05) is 29.9 Å². The molecule has 0 spiro atoms. The Morgan fingerprint density at radius 3 is 2.38 bits per heavy atom. The van der Waals surface area contributed by atoms with Crippen LogP contribution in [0.15, 0.2) is 77.7 Å². The zero-order valence-electron chi connectivity index (χ0n) is 17.2. The highest BCUT2D eigenvalue weighted by molar-refractivity contribution is 7.97. The van der Waals surface area contributed by atoms with Gasteiger partial charge in [0.25, 0.3) is 15.9 Å². The molecule has 2 heterocycles. The van der Waals surface area contributed by atoms with E-state index in [9.17, 15) is 13.2 Å². The number of carbonyl (C=O) groups is 1. The van der Waals surface area contributed by atoms with Gasteiger partial charge in [0.05, 0.1) is 5.69 Å². The molecule has 0 unspecified atom stereocenters. The monoisotopic (exact) mass is 448 g/mol. The van der Waals surface area contributed by atoms with Crippen LogP contribution < -0.4 is 19.1 Å². The van der Waals surface area contributed by atoms with E-state index >= 15 is 0 Å². The Morgan fingerprint density at radius 1 is 0.906 bits per heavy atom. The Kier molecular flexibility index (Phi) is 4.86. The first-order valence-electron chi connectivity index (χ1n) is 10.1. The molecule has 0 radical (unpaired) electrons. The lowest BCUT2D eigenvalue weighted by Crippen LogP contribution is -2.37. The Balaban J connectivity index is 1.66.